The Bertz CT molecular complexity index is 800. The number of nitrogens with one attached hydrogen (secondary N) is 1. The van der Waals surface area contributed by atoms with Crippen molar-refractivity contribution < 1.29 is 23.5 Å². The highest BCUT2D eigenvalue weighted by molar-refractivity contribution is 5.98. The molecule has 0 saturated heterocycles. The number of benzene rings is 2. The molecule has 134 valence electrons. The number of ether oxygens (including phenoxy) is 1. The maximum atomic E-state index is 12.8. The molecule has 0 saturated carbocycles. The molecule has 2 rings (SSSR count). The molecule has 0 aliphatic carbocycles. The molecule has 0 unspecified atom stereocenters. The molecule has 0 bridgehead atoms. The Balaban J connectivity index is 1.79. The van der Waals surface area contributed by atoms with Crippen LogP contribution in [0, 0.1) is 5.82 Å². The quantitative estimate of drug-likeness (QED) is 0.471. The van der Waals surface area contributed by atoms with E-state index in [4.69, 9.17) is 4.74 Å². The highest BCUT2D eigenvalue weighted by atomic mass is 19.1. The maximum absolute atomic E-state index is 12.8. The van der Waals surface area contributed by atoms with Crippen LogP contribution in [0.2, 0.25) is 0 Å². The van der Waals surface area contributed by atoms with Gasteiger partial charge in [0.05, 0.1) is 0 Å². The summed E-state index contributed by atoms with van der Waals surface area (Å²) in [4.78, 5) is 35.6. The number of rotatable bonds is 7. The van der Waals surface area contributed by atoms with E-state index in [9.17, 15) is 18.8 Å². The van der Waals surface area contributed by atoms with Crippen LogP contribution in [0.5, 0.6) is 0 Å². The van der Waals surface area contributed by atoms with Crippen molar-refractivity contribution in [2.75, 3.05) is 6.61 Å². The highest BCUT2D eigenvalue weighted by Gasteiger charge is 2.17. The minimum atomic E-state index is -0.913. The predicted octanol–water partition coefficient (Wildman–Crippen LogP) is 2.77. The predicted molar refractivity (Wildman–Crippen MR) is 94.8 cm³/mol. The van der Waals surface area contributed by atoms with Gasteiger partial charge in [-0.3, -0.25) is 9.59 Å². The Kier molecular flexibility index (Phi) is 6.79. The molecule has 2 aromatic carbocycles. The van der Waals surface area contributed by atoms with E-state index in [1.54, 1.807) is 6.08 Å². The first-order valence-corrected chi connectivity index (χ1v) is 7.95. The molecule has 0 aliphatic rings. The van der Waals surface area contributed by atoms with Gasteiger partial charge in [-0.05, 0) is 42.8 Å². The Morgan fingerprint density at radius 3 is 2.38 bits per heavy atom. The fraction of sp³-hybridized carbons (Fsp3) is 0.150. The van der Waals surface area contributed by atoms with Crippen LogP contribution in [0.4, 0.5) is 4.39 Å². The van der Waals surface area contributed by atoms with Gasteiger partial charge in [-0.15, -0.1) is 0 Å². The number of Topliss-reactive ketones (excluding diaryl/α,β-unsaturated/α-hetero) is 1. The van der Waals surface area contributed by atoms with Gasteiger partial charge in [0.2, 0.25) is 5.91 Å². The Morgan fingerprint density at radius 1 is 1.08 bits per heavy atom. The fourth-order valence-corrected chi connectivity index (χ4v) is 2.04. The molecular weight excluding hydrogens is 337 g/mol. The molecule has 0 heterocycles. The Morgan fingerprint density at radius 2 is 1.73 bits per heavy atom. The van der Waals surface area contributed by atoms with Gasteiger partial charge in [-0.25, -0.2) is 9.18 Å². The summed E-state index contributed by atoms with van der Waals surface area (Å²) in [5, 5.41) is 2.46. The zero-order valence-electron chi connectivity index (χ0n) is 14.1. The molecule has 0 radical (unpaired) electrons. The number of amides is 1. The summed E-state index contributed by atoms with van der Waals surface area (Å²) in [5.41, 5.74) is 1.09. The van der Waals surface area contributed by atoms with Crippen molar-refractivity contribution in [1.82, 2.24) is 5.32 Å². The van der Waals surface area contributed by atoms with Crippen molar-refractivity contribution >= 4 is 23.7 Å². The molecule has 5 nitrogen and oxygen atoms in total. The van der Waals surface area contributed by atoms with Crippen LogP contribution in [0.15, 0.2) is 60.7 Å². The molecule has 0 aliphatic heterocycles. The number of carbonyl (C=O) groups excluding carboxylic acids is 3. The Labute approximate surface area is 150 Å². The number of hydrogen-bond acceptors (Lipinski definition) is 4. The van der Waals surface area contributed by atoms with E-state index in [1.807, 2.05) is 30.3 Å². The molecule has 0 spiro atoms. The largest absolute Gasteiger partial charge is 0.456 e. The third kappa shape index (κ3) is 5.98. The van der Waals surface area contributed by atoms with Crippen LogP contribution in [0.25, 0.3) is 6.08 Å². The maximum Gasteiger partial charge on any atom is 0.328 e. The summed E-state index contributed by atoms with van der Waals surface area (Å²) in [6.45, 7) is 0.976. The van der Waals surface area contributed by atoms with Gasteiger partial charge < -0.3 is 10.1 Å². The lowest BCUT2D eigenvalue weighted by Gasteiger charge is -2.11. The van der Waals surface area contributed by atoms with Crippen molar-refractivity contribution in [1.29, 1.82) is 0 Å². The van der Waals surface area contributed by atoms with E-state index in [-0.39, 0.29) is 5.56 Å². The van der Waals surface area contributed by atoms with Gasteiger partial charge >= 0.3 is 5.97 Å². The molecule has 0 fully saturated rings. The standard InChI is InChI=1S/C20H18FNO4/c1-14(22-19(24)12-7-15-5-3-2-4-6-15)20(25)26-13-18(23)16-8-10-17(21)11-9-16/h2-12,14H,13H2,1H3,(H,22,24)/b12-7+/t14-/m0/s1. The van der Waals surface area contributed by atoms with Crippen molar-refractivity contribution in [3.63, 3.8) is 0 Å². The van der Waals surface area contributed by atoms with Crippen molar-refractivity contribution in [2.45, 2.75) is 13.0 Å². The summed E-state index contributed by atoms with van der Waals surface area (Å²) in [6, 6.07) is 13.2. The molecule has 6 heteroatoms. The second-order valence-corrected chi connectivity index (χ2v) is 5.51. The van der Waals surface area contributed by atoms with Crippen molar-refractivity contribution in [2.24, 2.45) is 0 Å². The van der Waals surface area contributed by atoms with Gasteiger partial charge in [-0.2, -0.15) is 0 Å². The average molecular weight is 355 g/mol. The molecule has 26 heavy (non-hydrogen) atoms. The third-order valence-electron chi connectivity index (χ3n) is 3.45. The van der Waals surface area contributed by atoms with Gasteiger partial charge in [0.1, 0.15) is 11.9 Å². The summed E-state index contributed by atoms with van der Waals surface area (Å²) >= 11 is 0. The topological polar surface area (TPSA) is 72.5 Å². The van der Waals surface area contributed by atoms with Crippen molar-refractivity contribution in [3.05, 3.63) is 77.6 Å². The first kappa shape index (κ1) is 19.1. The second-order valence-electron chi connectivity index (χ2n) is 5.51. The van der Waals surface area contributed by atoms with E-state index >= 15 is 0 Å². The average Bonchev–Trinajstić information content (AvgIpc) is 2.65. The zero-order valence-corrected chi connectivity index (χ0v) is 14.1. The summed E-state index contributed by atoms with van der Waals surface area (Å²) in [6.07, 6.45) is 2.92. The monoisotopic (exact) mass is 355 g/mol. The molecule has 2 aromatic rings. The van der Waals surface area contributed by atoms with Crippen LogP contribution >= 0.6 is 0 Å². The van der Waals surface area contributed by atoms with Crippen LogP contribution in [-0.2, 0) is 14.3 Å². The fourth-order valence-electron chi connectivity index (χ4n) is 2.04. The lowest BCUT2D eigenvalue weighted by atomic mass is 10.1. The molecule has 1 amide bonds. The van der Waals surface area contributed by atoms with Gasteiger partial charge in [0, 0.05) is 11.6 Å². The van der Waals surface area contributed by atoms with Gasteiger partial charge in [0.25, 0.3) is 0 Å². The minimum absolute atomic E-state index is 0.238. The summed E-state index contributed by atoms with van der Waals surface area (Å²) in [5.74, 6) is -2.11. The van der Waals surface area contributed by atoms with Gasteiger partial charge in [0.15, 0.2) is 12.4 Å². The summed E-state index contributed by atoms with van der Waals surface area (Å²) < 4.78 is 17.7. The van der Waals surface area contributed by atoms with Gasteiger partial charge in [-0.1, -0.05) is 30.3 Å². The van der Waals surface area contributed by atoms with Crippen LogP contribution < -0.4 is 5.32 Å². The van der Waals surface area contributed by atoms with Crippen LogP contribution in [-0.4, -0.2) is 30.3 Å². The second kappa shape index (κ2) is 9.27. The molecule has 1 atom stereocenters. The van der Waals surface area contributed by atoms with E-state index in [0.29, 0.717) is 0 Å². The Hall–Kier alpha value is -3.28. The van der Waals surface area contributed by atoms with E-state index in [1.165, 1.54) is 25.1 Å². The zero-order chi connectivity index (χ0) is 18.9. The highest BCUT2D eigenvalue weighted by Crippen LogP contribution is 2.04. The molecule has 0 aromatic heterocycles. The van der Waals surface area contributed by atoms with Crippen LogP contribution in [0.3, 0.4) is 0 Å². The SMILES string of the molecule is C[C@H](NC(=O)/C=C/c1ccccc1)C(=O)OCC(=O)c1ccc(F)cc1. The first-order valence-electron chi connectivity index (χ1n) is 7.95. The van der Waals surface area contributed by atoms with E-state index < -0.39 is 36.1 Å². The first-order chi connectivity index (χ1) is 12.5. The van der Waals surface area contributed by atoms with Crippen molar-refractivity contribution in [3.8, 4) is 0 Å². The third-order valence-corrected chi connectivity index (χ3v) is 3.45. The smallest absolute Gasteiger partial charge is 0.328 e. The van der Waals surface area contributed by atoms with Crippen LogP contribution in [0.1, 0.15) is 22.8 Å². The number of halogens is 1. The minimum Gasteiger partial charge on any atom is -0.456 e. The lowest BCUT2D eigenvalue weighted by molar-refractivity contribution is -0.145. The number of esters is 1. The van der Waals surface area contributed by atoms with E-state index in [2.05, 4.69) is 5.32 Å². The number of ketones is 1. The summed E-state index contributed by atoms with van der Waals surface area (Å²) in [7, 11) is 0. The lowest BCUT2D eigenvalue weighted by Crippen LogP contribution is -2.39. The number of hydrogen-bond donors (Lipinski definition) is 1. The molecule has 1 N–H and O–H groups in total. The van der Waals surface area contributed by atoms with E-state index in [0.717, 1.165) is 17.7 Å². The number of carbonyl (C=O) groups is 3. The molecular formula is C20H18FNO4. The normalized spacial score (nSPS) is 11.8.